The number of hydrogen-bond donors (Lipinski definition) is 0. The van der Waals surface area contributed by atoms with E-state index in [1.165, 1.54) is 16.2 Å². The first-order chi connectivity index (χ1) is 14.5. The van der Waals surface area contributed by atoms with E-state index in [0.717, 1.165) is 5.56 Å². The fourth-order valence-corrected chi connectivity index (χ4v) is 4.11. The lowest BCUT2D eigenvalue weighted by molar-refractivity contribution is -0.113. The predicted octanol–water partition coefficient (Wildman–Crippen LogP) is 5.30. The van der Waals surface area contributed by atoms with Crippen LogP contribution in [0.3, 0.4) is 0 Å². The Hall–Kier alpha value is -2.87. The van der Waals surface area contributed by atoms with Crippen molar-refractivity contribution in [1.29, 1.82) is 0 Å². The molecule has 1 amide bonds. The van der Waals surface area contributed by atoms with Gasteiger partial charge in [0.15, 0.2) is 22.5 Å². The summed E-state index contributed by atoms with van der Waals surface area (Å²) in [4.78, 5) is 23.5. The van der Waals surface area contributed by atoms with E-state index < -0.39 is 0 Å². The van der Waals surface area contributed by atoms with Crippen molar-refractivity contribution in [2.24, 2.45) is 4.99 Å². The minimum atomic E-state index is -0.305. The molecular formula is C21H15Cl2N3O3S. The van der Waals surface area contributed by atoms with Gasteiger partial charge in [-0.2, -0.15) is 0 Å². The van der Waals surface area contributed by atoms with E-state index in [1.807, 2.05) is 6.07 Å². The van der Waals surface area contributed by atoms with E-state index in [9.17, 15) is 4.79 Å². The Labute approximate surface area is 187 Å². The fourth-order valence-electron chi connectivity index (χ4n) is 2.97. The standard InChI is InChI=1S/C21H15Cl2N3O3S/c1-28-17-6-3-12(10-18(17)29-2)9-16-20(27)26(21-24-7-8-30-21)19(25-16)14-5-4-13(22)11-15(14)23/h3-11H,1-2H3. The van der Waals surface area contributed by atoms with Crippen molar-refractivity contribution in [3.05, 3.63) is 74.8 Å². The molecule has 3 aromatic rings. The van der Waals surface area contributed by atoms with Gasteiger partial charge in [-0.15, -0.1) is 11.3 Å². The summed E-state index contributed by atoms with van der Waals surface area (Å²) in [5.74, 6) is 1.24. The smallest absolute Gasteiger partial charge is 0.284 e. The number of thiazole rings is 1. The van der Waals surface area contributed by atoms with Crippen LogP contribution in [0.1, 0.15) is 11.1 Å². The van der Waals surface area contributed by atoms with Crippen LogP contribution in [0.15, 0.2) is 58.7 Å². The maximum Gasteiger partial charge on any atom is 0.284 e. The number of ether oxygens (including phenoxy) is 2. The van der Waals surface area contributed by atoms with E-state index in [1.54, 1.807) is 62.2 Å². The summed E-state index contributed by atoms with van der Waals surface area (Å²) < 4.78 is 10.6. The van der Waals surface area contributed by atoms with Gasteiger partial charge in [-0.25, -0.2) is 14.9 Å². The normalized spacial score (nSPS) is 14.9. The number of nitrogens with zero attached hydrogens (tertiary/aromatic N) is 3. The lowest BCUT2D eigenvalue weighted by Gasteiger charge is -2.15. The van der Waals surface area contributed by atoms with E-state index >= 15 is 0 Å². The maximum atomic E-state index is 13.2. The molecule has 0 spiro atoms. The van der Waals surface area contributed by atoms with E-state index in [2.05, 4.69) is 9.98 Å². The second-order valence-electron chi connectivity index (χ2n) is 6.16. The summed E-state index contributed by atoms with van der Waals surface area (Å²) in [6.45, 7) is 0. The Bertz CT molecular complexity index is 1180. The van der Waals surface area contributed by atoms with E-state index in [4.69, 9.17) is 32.7 Å². The summed E-state index contributed by atoms with van der Waals surface area (Å²) >= 11 is 13.8. The average Bonchev–Trinajstić information content (AvgIpc) is 3.36. The van der Waals surface area contributed by atoms with Crippen molar-refractivity contribution >= 4 is 57.5 Å². The number of anilines is 1. The number of amidine groups is 1. The number of amides is 1. The third-order valence-electron chi connectivity index (χ3n) is 4.35. The molecule has 30 heavy (non-hydrogen) atoms. The highest BCUT2D eigenvalue weighted by molar-refractivity contribution is 7.14. The van der Waals surface area contributed by atoms with Gasteiger partial charge < -0.3 is 9.47 Å². The van der Waals surface area contributed by atoms with Crippen molar-refractivity contribution in [1.82, 2.24) is 4.98 Å². The molecule has 0 N–H and O–H groups in total. The van der Waals surface area contributed by atoms with Crippen molar-refractivity contribution in [2.75, 3.05) is 19.1 Å². The van der Waals surface area contributed by atoms with Crippen molar-refractivity contribution < 1.29 is 14.3 Å². The van der Waals surface area contributed by atoms with Gasteiger partial charge in [0.05, 0.1) is 19.2 Å². The Morgan fingerprint density at radius 3 is 2.53 bits per heavy atom. The van der Waals surface area contributed by atoms with Gasteiger partial charge in [0.2, 0.25) is 0 Å². The molecule has 0 fully saturated rings. The summed E-state index contributed by atoms with van der Waals surface area (Å²) in [5, 5.41) is 3.18. The Morgan fingerprint density at radius 2 is 1.87 bits per heavy atom. The van der Waals surface area contributed by atoms with Crippen LogP contribution < -0.4 is 14.4 Å². The Kier molecular flexibility index (Phi) is 5.76. The average molecular weight is 460 g/mol. The van der Waals surface area contributed by atoms with Crippen LogP contribution in [0.5, 0.6) is 11.5 Å². The molecule has 0 unspecified atom stereocenters. The van der Waals surface area contributed by atoms with Crippen LogP contribution in [0.2, 0.25) is 10.0 Å². The lowest BCUT2D eigenvalue weighted by atomic mass is 10.1. The molecular weight excluding hydrogens is 445 g/mol. The van der Waals surface area contributed by atoms with Crippen molar-refractivity contribution in [2.45, 2.75) is 0 Å². The molecule has 9 heteroatoms. The second-order valence-corrected chi connectivity index (χ2v) is 7.88. The zero-order chi connectivity index (χ0) is 21.3. The van der Waals surface area contributed by atoms with Gasteiger partial charge in [-0.3, -0.25) is 4.79 Å². The largest absolute Gasteiger partial charge is 0.493 e. The van der Waals surface area contributed by atoms with Crippen molar-refractivity contribution in [3.8, 4) is 11.5 Å². The highest BCUT2D eigenvalue weighted by Gasteiger charge is 2.35. The summed E-state index contributed by atoms with van der Waals surface area (Å²) in [5.41, 5.74) is 1.57. The molecule has 0 saturated carbocycles. The van der Waals surface area contributed by atoms with Crippen LogP contribution >= 0.6 is 34.5 Å². The zero-order valence-corrected chi connectivity index (χ0v) is 18.3. The molecule has 1 aromatic heterocycles. The zero-order valence-electron chi connectivity index (χ0n) is 15.9. The first kappa shape index (κ1) is 20.4. The SMILES string of the molecule is COc1ccc(C=C2N=C(c3ccc(Cl)cc3Cl)N(c3nccs3)C2=O)cc1OC. The van der Waals surface area contributed by atoms with Crippen LogP contribution in [0.4, 0.5) is 5.13 Å². The molecule has 1 aliphatic heterocycles. The third kappa shape index (κ3) is 3.79. The molecule has 0 atom stereocenters. The number of hydrogen-bond acceptors (Lipinski definition) is 6. The third-order valence-corrected chi connectivity index (χ3v) is 5.66. The van der Waals surface area contributed by atoms with Crippen LogP contribution in [-0.2, 0) is 4.79 Å². The first-order valence-corrected chi connectivity index (χ1v) is 10.4. The predicted molar refractivity (Wildman–Crippen MR) is 120 cm³/mol. The molecule has 152 valence electrons. The molecule has 0 radical (unpaired) electrons. The molecule has 0 saturated heterocycles. The van der Waals surface area contributed by atoms with Gasteiger partial charge in [-0.05, 0) is 42.0 Å². The number of rotatable bonds is 5. The van der Waals surface area contributed by atoms with Gasteiger partial charge in [0, 0.05) is 22.2 Å². The molecule has 4 rings (SSSR count). The molecule has 2 aromatic carbocycles. The maximum absolute atomic E-state index is 13.2. The highest BCUT2D eigenvalue weighted by Crippen LogP contribution is 2.33. The number of carbonyl (C=O) groups is 1. The lowest BCUT2D eigenvalue weighted by Crippen LogP contribution is -2.32. The number of aliphatic imine (C=N–C) groups is 1. The van der Waals surface area contributed by atoms with Gasteiger partial charge in [0.25, 0.3) is 5.91 Å². The number of halogens is 2. The van der Waals surface area contributed by atoms with Crippen LogP contribution in [0.25, 0.3) is 6.08 Å². The van der Waals surface area contributed by atoms with Crippen LogP contribution in [0, 0.1) is 0 Å². The van der Waals surface area contributed by atoms with Gasteiger partial charge in [-0.1, -0.05) is 29.3 Å². The van der Waals surface area contributed by atoms with E-state index in [-0.39, 0.29) is 11.6 Å². The number of carbonyl (C=O) groups excluding carboxylic acids is 1. The molecule has 0 bridgehead atoms. The summed E-state index contributed by atoms with van der Waals surface area (Å²) in [7, 11) is 3.12. The minimum Gasteiger partial charge on any atom is -0.493 e. The van der Waals surface area contributed by atoms with E-state index in [0.29, 0.717) is 38.1 Å². The molecule has 1 aliphatic rings. The molecule has 0 aliphatic carbocycles. The minimum absolute atomic E-state index is 0.249. The number of benzene rings is 2. The highest BCUT2D eigenvalue weighted by atomic mass is 35.5. The fraction of sp³-hybridized carbons (Fsp3) is 0.0952. The molecule has 6 nitrogen and oxygen atoms in total. The van der Waals surface area contributed by atoms with Crippen molar-refractivity contribution in [3.63, 3.8) is 0 Å². The Balaban J connectivity index is 1.82. The van der Waals surface area contributed by atoms with Crippen LogP contribution in [-0.4, -0.2) is 30.9 Å². The van der Waals surface area contributed by atoms with Gasteiger partial charge >= 0.3 is 0 Å². The Morgan fingerprint density at radius 1 is 1.07 bits per heavy atom. The number of methoxy groups -OCH3 is 2. The number of aromatic nitrogens is 1. The summed E-state index contributed by atoms with van der Waals surface area (Å²) in [6.07, 6.45) is 3.31. The summed E-state index contributed by atoms with van der Waals surface area (Å²) in [6, 6.07) is 10.4. The molecule has 2 heterocycles. The second kappa shape index (κ2) is 8.47. The quantitative estimate of drug-likeness (QED) is 0.485. The first-order valence-electron chi connectivity index (χ1n) is 8.73. The van der Waals surface area contributed by atoms with Gasteiger partial charge in [0.1, 0.15) is 5.70 Å². The monoisotopic (exact) mass is 459 g/mol. The topological polar surface area (TPSA) is 64.0 Å².